The van der Waals surface area contributed by atoms with Crippen molar-refractivity contribution in [3.8, 4) is 5.75 Å². The number of hydrogen-bond donors (Lipinski definition) is 4. The summed E-state index contributed by atoms with van der Waals surface area (Å²) in [6.07, 6.45) is 0. The van der Waals surface area contributed by atoms with Crippen LogP contribution >= 0.6 is 0 Å². The lowest BCUT2D eigenvalue weighted by atomic mass is 10.2. The minimum atomic E-state index is -4.81. The summed E-state index contributed by atoms with van der Waals surface area (Å²) in [4.78, 5) is -0.802. The largest absolute Gasteiger partial charge is 0.494 e. The van der Waals surface area contributed by atoms with Gasteiger partial charge in [-0.25, -0.2) is 8.42 Å². The number of rotatable bonds is 9. The summed E-state index contributed by atoms with van der Waals surface area (Å²) < 4.78 is 63.2. The first-order valence-electron chi connectivity index (χ1n) is 10.5. The summed E-state index contributed by atoms with van der Waals surface area (Å²) in [6, 6.07) is 11.7. The summed E-state index contributed by atoms with van der Waals surface area (Å²) in [5.41, 5.74) is 12.4. The molecule has 0 spiro atoms. The van der Waals surface area contributed by atoms with E-state index in [-0.39, 0.29) is 33.4 Å². The van der Waals surface area contributed by atoms with E-state index in [1.807, 2.05) is 0 Å². The summed E-state index contributed by atoms with van der Waals surface area (Å²) in [6.45, 7) is 1.24. The van der Waals surface area contributed by atoms with Gasteiger partial charge >= 0.3 is 0 Å². The van der Waals surface area contributed by atoms with Gasteiger partial charge < -0.3 is 21.3 Å². The Hall–Kier alpha value is -3.92. The molecule has 0 bridgehead atoms. The van der Waals surface area contributed by atoms with E-state index in [2.05, 4.69) is 20.5 Å². The van der Waals surface area contributed by atoms with Crippen molar-refractivity contribution in [1.82, 2.24) is 0 Å². The van der Waals surface area contributed by atoms with Crippen LogP contribution in [0.15, 0.2) is 78.8 Å². The number of ether oxygens (including phenoxy) is 1. The Kier molecular flexibility index (Phi) is 8.22. The molecule has 15 heteroatoms. The quantitative estimate of drug-likeness (QED) is 0.172. The number of sulfone groups is 1. The molecule has 0 atom stereocenters. The second-order valence-electron chi connectivity index (χ2n) is 7.61. The van der Waals surface area contributed by atoms with Crippen LogP contribution in [-0.4, -0.2) is 46.0 Å². The zero-order chi connectivity index (χ0) is 27.4. The van der Waals surface area contributed by atoms with Crippen molar-refractivity contribution in [2.24, 2.45) is 20.5 Å². The first-order chi connectivity index (χ1) is 17.4. The van der Waals surface area contributed by atoms with Crippen LogP contribution in [-0.2, 0) is 20.0 Å². The van der Waals surface area contributed by atoms with Gasteiger partial charge in [0.05, 0.1) is 41.4 Å². The molecule has 196 valence electrons. The topological polar surface area (TPSA) is 219 Å². The van der Waals surface area contributed by atoms with Gasteiger partial charge in [0, 0.05) is 6.07 Å². The molecule has 0 heterocycles. The lowest BCUT2D eigenvalue weighted by molar-refractivity contribution is 0.319. The predicted molar refractivity (Wildman–Crippen MR) is 137 cm³/mol. The van der Waals surface area contributed by atoms with E-state index in [9.17, 15) is 21.4 Å². The second kappa shape index (κ2) is 11.0. The summed E-state index contributed by atoms with van der Waals surface area (Å²) in [5.74, 6) is -0.441. The van der Waals surface area contributed by atoms with Crippen LogP contribution in [0.1, 0.15) is 5.56 Å². The van der Waals surface area contributed by atoms with E-state index in [0.29, 0.717) is 5.69 Å². The highest BCUT2D eigenvalue weighted by Crippen LogP contribution is 2.43. The number of nitrogens with zero attached hydrogens (tertiary/aromatic N) is 4. The van der Waals surface area contributed by atoms with E-state index in [1.54, 1.807) is 31.2 Å². The van der Waals surface area contributed by atoms with Crippen LogP contribution in [0.3, 0.4) is 0 Å². The molecule has 0 saturated carbocycles. The first kappa shape index (κ1) is 27.7. The summed E-state index contributed by atoms with van der Waals surface area (Å²) in [5, 5.41) is 25.0. The molecule has 3 aromatic carbocycles. The first-order valence-corrected chi connectivity index (χ1v) is 13.6. The van der Waals surface area contributed by atoms with E-state index in [4.69, 9.17) is 21.3 Å². The molecule has 0 fully saturated rings. The maximum Gasteiger partial charge on any atom is 0.296 e. The second-order valence-corrected chi connectivity index (χ2v) is 11.1. The Bertz CT molecular complexity index is 1600. The highest BCUT2D eigenvalue weighted by atomic mass is 32.2. The Morgan fingerprint density at radius 3 is 2.14 bits per heavy atom. The lowest BCUT2D eigenvalue weighted by Crippen LogP contribution is -2.10. The Labute approximate surface area is 213 Å². The van der Waals surface area contributed by atoms with E-state index in [1.165, 1.54) is 25.3 Å². The minimum Gasteiger partial charge on any atom is -0.494 e. The molecular formula is C22H24N6O7S2. The maximum absolute atomic E-state index is 12.2. The van der Waals surface area contributed by atoms with Gasteiger partial charge in [-0.1, -0.05) is 18.2 Å². The van der Waals surface area contributed by atoms with Crippen LogP contribution in [0, 0.1) is 6.92 Å². The van der Waals surface area contributed by atoms with Crippen molar-refractivity contribution in [3.05, 3.63) is 54.1 Å². The Morgan fingerprint density at radius 1 is 0.865 bits per heavy atom. The standard InChI is InChI=1S/C22H24N6O7S2/c1-13-5-3-4-6-15(13)25-28-22-20(23)17(12-19(21(22)24)37(32,33)34)27-26-16-8-7-14(11-18(16)35-2)36(30,31)10-9-29/h3-8,11-12,29H,9-10,23-24H2,1-2H3,(H,32,33,34)/b27-26+,28-25+. The molecule has 3 rings (SSSR count). The highest BCUT2D eigenvalue weighted by Gasteiger charge is 2.23. The molecule has 0 aliphatic carbocycles. The average Bonchev–Trinajstić information content (AvgIpc) is 2.83. The number of nitrogens with two attached hydrogens (primary N) is 2. The molecule has 37 heavy (non-hydrogen) atoms. The van der Waals surface area contributed by atoms with Crippen molar-refractivity contribution >= 4 is 54.1 Å². The van der Waals surface area contributed by atoms with Gasteiger partial charge in [0.1, 0.15) is 27.7 Å². The van der Waals surface area contributed by atoms with E-state index < -0.39 is 42.9 Å². The van der Waals surface area contributed by atoms with Gasteiger partial charge in [-0.15, -0.1) is 15.3 Å². The van der Waals surface area contributed by atoms with Crippen LogP contribution in [0.25, 0.3) is 0 Å². The molecule has 0 unspecified atom stereocenters. The number of anilines is 2. The van der Waals surface area contributed by atoms with Crippen LogP contribution in [0.4, 0.5) is 34.1 Å². The normalized spacial score (nSPS) is 12.4. The zero-order valence-electron chi connectivity index (χ0n) is 19.7. The third kappa shape index (κ3) is 6.26. The SMILES string of the molecule is COc1cc(S(=O)(=O)CCO)ccc1/N=N/c1cc(S(=O)(=O)O)c(N)c(/N=N/c2ccccc2C)c1N. The van der Waals surface area contributed by atoms with Gasteiger partial charge in [0.2, 0.25) is 0 Å². The number of nitrogen functional groups attached to an aromatic ring is 2. The van der Waals surface area contributed by atoms with Gasteiger partial charge in [-0.05, 0) is 36.8 Å². The smallest absolute Gasteiger partial charge is 0.296 e. The van der Waals surface area contributed by atoms with Gasteiger partial charge in [-0.3, -0.25) is 4.55 Å². The van der Waals surface area contributed by atoms with Crippen LogP contribution in [0.2, 0.25) is 0 Å². The number of aliphatic hydroxyl groups is 1. The Morgan fingerprint density at radius 2 is 1.51 bits per heavy atom. The molecule has 0 aromatic heterocycles. The Balaban J connectivity index is 2.12. The zero-order valence-corrected chi connectivity index (χ0v) is 21.4. The fourth-order valence-corrected chi connectivity index (χ4v) is 4.80. The lowest BCUT2D eigenvalue weighted by Gasteiger charge is -2.11. The molecule has 3 aromatic rings. The van der Waals surface area contributed by atoms with E-state index in [0.717, 1.165) is 11.6 Å². The summed E-state index contributed by atoms with van der Waals surface area (Å²) >= 11 is 0. The third-order valence-electron chi connectivity index (χ3n) is 5.11. The molecular weight excluding hydrogens is 524 g/mol. The number of azo groups is 2. The molecule has 0 radical (unpaired) electrons. The van der Waals surface area contributed by atoms with Gasteiger partial charge in [0.15, 0.2) is 9.84 Å². The maximum atomic E-state index is 12.2. The monoisotopic (exact) mass is 548 g/mol. The number of benzene rings is 3. The predicted octanol–water partition coefficient (Wildman–Crippen LogP) is 4.01. The van der Waals surface area contributed by atoms with Crippen molar-refractivity contribution in [2.45, 2.75) is 16.7 Å². The highest BCUT2D eigenvalue weighted by molar-refractivity contribution is 7.91. The average molecular weight is 549 g/mol. The van der Waals surface area contributed by atoms with Crippen molar-refractivity contribution in [3.63, 3.8) is 0 Å². The fraction of sp³-hybridized carbons (Fsp3) is 0.182. The van der Waals surface area contributed by atoms with E-state index >= 15 is 0 Å². The minimum absolute atomic E-state index is 0.0336. The van der Waals surface area contributed by atoms with Crippen LogP contribution in [0.5, 0.6) is 5.75 Å². The molecule has 13 nitrogen and oxygen atoms in total. The molecule has 0 aliphatic heterocycles. The molecule has 6 N–H and O–H groups in total. The van der Waals surface area contributed by atoms with Gasteiger partial charge in [0.25, 0.3) is 10.1 Å². The van der Waals surface area contributed by atoms with Crippen LogP contribution < -0.4 is 16.2 Å². The number of aliphatic hydroxyl groups excluding tert-OH is 1. The number of aryl methyl sites for hydroxylation is 1. The van der Waals surface area contributed by atoms with Crippen molar-refractivity contribution < 1.29 is 31.2 Å². The third-order valence-corrected chi connectivity index (χ3v) is 7.69. The molecule has 0 aliphatic rings. The van der Waals surface area contributed by atoms with Crippen molar-refractivity contribution in [1.29, 1.82) is 0 Å². The van der Waals surface area contributed by atoms with Crippen molar-refractivity contribution in [2.75, 3.05) is 30.9 Å². The number of hydrogen-bond acceptors (Lipinski definition) is 12. The fourth-order valence-electron chi connectivity index (χ4n) is 3.13. The molecule has 0 amide bonds. The number of methoxy groups -OCH3 is 1. The summed E-state index contributed by atoms with van der Waals surface area (Å²) in [7, 11) is -7.27. The van der Waals surface area contributed by atoms with Gasteiger partial charge in [-0.2, -0.15) is 13.5 Å². The molecule has 0 saturated heterocycles.